The van der Waals surface area contributed by atoms with E-state index in [1.165, 1.54) is 193 Å². The lowest BCUT2D eigenvalue weighted by Crippen LogP contribution is -2.05. The van der Waals surface area contributed by atoms with Crippen molar-refractivity contribution in [1.82, 2.24) is 0 Å². The first-order valence-electron chi connectivity index (χ1n) is 23.2. The van der Waals surface area contributed by atoms with Crippen LogP contribution in [0.3, 0.4) is 0 Å². The molecule has 3 rings (SSSR count). The summed E-state index contributed by atoms with van der Waals surface area (Å²) in [7, 11) is 0. The van der Waals surface area contributed by atoms with Crippen LogP contribution in [0.4, 0.5) is 0 Å². The molecule has 1 aliphatic rings. The predicted octanol–water partition coefficient (Wildman–Crippen LogP) is 16.9. The molecule has 53 heavy (non-hydrogen) atoms. The number of hydrogen-bond acceptors (Lipinski definition) is 0. The van der Waals surface area contributed by atoms with Gasteiger partial charge in [0.15, 0.2) is 0 Å². The van der Waals surface area contributed by atoms with Gasteiger partial charge in [-0.15, -0.1) is 0 Å². The molecule has 0 aliphatic carbocycles. The van der Waals surface area contributed by atoms with Crippen LogP contribution in [0.25, 0.3) is 16.9 Å². The molecular weight excluding hydrogens is 641 g/mol. The molecule has 2 nitrogen and oxygen atoms in total. The van der Waals surface area contributed by atoms with Crippen molar-refractivity contribution >= 4 is 11.4 Å². The second-order valence-corrected chi connectivity index (χ2v) is 16.6. The maximum atomic E-state index is 12.2. The van der Waals surface area contributed by atoms with E-state index in [0.29, 0.717) is 0 Å². The SMILES string of the molecule is CCCCCCCCCCCc1cc(CCCCCCCCCCC)cc(C2=CC(CCCCC)=C(c3cc(CCCC)cc(CCCC)c3)[N+]2=[N-])c1. The lowest BCUT2D eigenvalue weighted by atomic mass is 9.95. The highest BCUT2D eigenvalue weighted by atomic mass is 15.2. The van der Waals surface area contributed by atoms with Crippen molar-refractivity contribution in [3.8, 4) is 0 Å². The van der Waals surface area contributed by atoms with Crippen LogP contribution in [0.5, 0.6) is 0 Å². The zero-order chi connectivity index (χ0) is 37.9. The first kappa shape index (κ1) is 44.9. The average molecular weight is 723 g/mol. The summed E-state index contributed by atoms with van der Waals surface area (Å²) in [6, 6.07) is 14.5. The van der Waals surface area contributed by atoms with Crippen LogP contribution in [0, 0.1) is 0 Å². The Morgan fingerprint density at radius 3 is 1.09 bits per heavy atom. The quantitative estimate of drug-likeness (QED) is 0.0531. The lowest BCUT2D eigenvalue weighted by Gasteiger charge is -2.15. The molecule has 1 heterocycles. The second-order valence-electron chi connectivity index (χ2n) is 16.6. The molecule has 0 atom stereocenters. The zero-order valence-corrected chi connectivity index (χ0v) is 35.6. The summed E-state index contributed by atoms with van der Waals surface area (Å²) in [5.74, 6) is 0. The highest BCUT2D eigenvalue weighted by Gasteiger charge is 2.29. The summed E-state index contributed by atoms with van der Waals surface area (Å²) in [5, 5.41) is 0. The normalized spacial score (nSPS) is 13.1. The van der Waals surface area contributed by atoms with Gasteiger partial charge in [0.25, 0.3) is 0 Å². The zero-order valence-electron chi connectivity index (χ0n) is 35.6. The number of aryl methyl sites for hydroxylation is 4. The van der Waals surface area contributed by atoms with E-state index < -0.39 is 0 Å². The number of hydrogen-bond donors (Lipinski definition) is 0. The maximum Gasteiger partial charge on any atom is 0.210 e. The van der Waals surface area contributed by atoms with Crippen LogP contribution in [-0.2, 0) is 25.7 Å². The molecule has 2 aromatic rings. The maximum absolute atomic E-state index is 12.2. The highest BCUT2D eigenvalue weighted by Crippen LogP contribution is 2.39. The minimum absolute atomic E-state index is 0.975. The largest absolute Gasteiger partial charge is 0.493 e. The third kappa shape index (κ3) is 17.2. The predicted molar refractivity (Wildman–Crippen MR) is 235 cm³/mol. The van der Waals surface area contributed by atoms with Crippen LogP contribution in [0.2, 0.25) is 0 Å². The van der Waals surface area contributed by atoms with Gasteiger partial charge in [-0.05, 0) is 111 Å². The van der Waals surface area contributed by atoms with Crippen molar-refractivity contribution < 1.29 is 4.70 Å². The van der Waals surface area contributed by atoms with Gasteiger partial charge in [-0.2, -0.15) is 0 Å². The van der Waals surface area contributed by atoms with Gasteiger partial charge in [0, 0.05) is 22.8 Å². The van der Waals surface area contributed by atoms with Crippen LogP contribution in [0.1, 0.15) is 235 Å². The first-order valence-corrected chi connectivity index (χ1v) is 23.2. The molecule has 296 valence electrons. The van der Waals surface area contributed by atoms with E-state index in [1.54, 1.807) is 4.70 Å². The highest BCUT2D eigenvalue weighted by molar-refractivity contribution is 5.79. The van der Waals surface area contributed by atoms with Gasteiger partial charge in [-0.3, -0.25) is 0 Å². The van der Waals surface area contributed by atoms with Gasteiger partial charge < -0.3 is 5.53 Å². The molecule has 0 bridgehead atoms. The Kier molecular flexibility index (Phi) is 23.7. The van der Waals surface area contributed by atoms with E-state index in [1.807, 2.05) is 0 Å². The van der Waals surface area contributed by atoms with Crippen molar-refractivity contribution in [3.05, 3.63) is 87.0 Å². The van der Waals surface area contributed by atoms with E-state index >= 15 is 0 Å². The molecule has 2 heteroatoms. The van der Waals surface area contributed by atoms with Gasteiger partial charge >= 0.3 is 0 Å². The minimum Gasteiger partial charge on any atom is -0.493 e. The number of benzene rings is 2. The fourth-order valence-electron chi connectivity index (χ4n) is 8.25. The number of rotatable bonds is 32. The van der Waals surface area contributed by atoms with E-state index in [-0.39, 0.29) is 0 Å². The van der Waals surface area contributed by atoms with Crippen molar-refractivity contribution in [1.29, 1.82) is 0 Å². The van der Waals surface area contributed by atoms with Gasteiger partial charge in [0.05, 0.1) is 0 Å². The van der Waals surface area contributed by atoms with Crippen molar-refractivity contribution in [2.45, 2.75) is 227 Å². The second kappa shape index (κ2) is 28.0. The molecule has 1 aliphatic heterocycles. The molecule has 0 saturated carbocycles. The third-order valence-corrected chi connectivity index (χ3v) is 11.6. The summed E-state index contributed by atoms with van der Waals surface area (Å²) in [4.78, 5) is 0. The van der Waals surface area contributed by atoms with Crippen LogP contribution in [-0.4, -0.2) is 4.70 Å². The van der Waals surface area contributed by atoms with E-state index in [0.717, 1.165) is 49.9 Å². The Balaban J connectivity index is 1.83. The fraction of sp³-hybridized carbons (Fsp3) is 0.686. The summed E-state index contributed by atoms with van der Waals surface area (Å²) < 4.78 is 1.59. The van der Waals surface area contributed by atoms with Crippen LogP contribution >= 0.6 is 0 Å². The molecule has 0 spiro atoms. The molecule has 0 saturated heterocycles. The topological polar surface area (TPSA) is 25.3 Å². The van der Waals surface area contributed by atoms with E-state index in [2.05, 4.69) is 77.1 Å². The summed E-state index contributed by atoms with van der Waals surface area (Å²) in [6.45, 7) is 11.5. The smallest absolute Gasteiger partial charge is 0.210 e. The Hall–Kier alpha value is -2.48. The summed E-state index contributed by atoms with van der Waals surface area (Å²) >= 11 is 0. The van der Waals surface area contributed by atoms with Gasteiger partial charge in [-0.25, -0.2) is 4.70 Å². The van der Waals surface area contributed by atoms with E-state index in [4.69, 9.17) is 0 Å². The fourth-order valence-corrected chi connectivity index (χ4v) is 8.25. The number of nitrogens with zero attached hydrogens (tertiary/aromatic N) is 2. The Morgan fingerprint density at radius 1 is 0.358 bits per heavy atom. The molecule has 0 amide bonds. The van der Waals surface area contributed by atoms with Crippen LogP contribution in [0.15, 0.2) is 48.0 Å². The summed E-state index contributed by atoms with van der Waals surface area (Å²) in [6.07, 6.45) is 40.8. The Bertz CT molecular complexity index is 1290. The van der Waals surface area contributed by atoms with Crippen molar-refractivity contribution in [2.75, 3.05) is 0 Å². The average Bonchev–Trinajstić information content (AvgIpc) is 3.50. The number of unbranched alkanes of at least 4 members (excludes halogenated alkanes) is 20. The molecule has 0 N–H and O–H groups in total. The monoisotopic (exact) mass is 723 g/mol. The molecule has 2 aromatic carbocycles. The van der Waals surface area contributed by atoms with Crippen molar-refractivity contribution in [3.63, 3.8) is 0 Å². The van der Waals surface area contributed by atoms with E-state index in [9.17, 15) is 5.53 Å². The third-order valence-electron chi connectivity index (χ3n) is 11.6. The van der Waals surface area contributed by atoms with Gasteiger partial charge in [-0.1, -0.05) is 175 Å². The molecule has 0 fully saturated rings. The molecular formula is C51H82N2. The molecule has 0 unspecified atom stereocenters. The minimum atomic E-state index is 0.975. The first-order chi connectivity index (χ1) is 26.0. The van der Waals surface area contributed by atoms with Crippen molar-refractivity contribution in [2.24, 2.45) is 0 Å². The van der Waals surface area contributed by atoms with Crippen LogP contribution < -0.4 is 0 Å². The Labute approximate surface area is 329 Å². The molecule has 0 radical (unpaired) electrons. The standard InChI is InChI=1S/C51H82N2/c1-6-11-16-18-20-22-24-26-29-33-45-37-46(34-30-27-25-23-21-19-17-12-7-2)39-48(38-45)50-42-47(35-28-13-8-3)51(53(50)52)49-40-43(31-14-9-4)36-44(41-49)32-15-10-5/h36-42H,6-35H2,1-5H3. The Morgan fingerprint density at radius 2 is 0.679 bits per heavy atom. The molecule has 0 aromatic heterocycles. The van der Waals surface area contributed by atoms with Gasteiger partial charge in [0.1, 0.15) is 0 Å². The number of allylic oxidation sites excluding steroid dienone is 2. The van der Waals surface area contributed by atoms with Gasteiger partial charge in [0.2, 0.25) is 11.4 Å². The lowest BCUT2D eigenvalue weighted by molar-refractivity contribution is -0.344. The summed E-state index contributed by atoms with van der Waals surface area (Å²) in [5.41, 5.74) is 23.7.